The number of thiazole rings is 1. The fourth-order valence-corrected chi connectivity index (χ4v) is 3.16. The number of ether oxygens (including phenoxy) is 2. The van der Waals surface area contributed by atoms with Gasteiger partial charge in [-0.25, -0.2) is 4.98 Å². The molecule has 0 radical (unpaired) electrons. The lowest BCUT2D eigenvalue weighted by atomic mass is 9.93. The predicted molar refractivity (Wildman–Crippen MR) is 120 cm³/mol. The Kier molecular flexibility index (Phi) is 8.61. The quantitative estimate of drug-likeness (QED) is 0.363. The van der Waals surface area contributed by atoms with Crippen LogP contribution in [0.2, 0.25) is 0 Å². The van der Waals surface area contributed by atoms with Gasteiger partial charge in [0.15, 0.2) is 17.5 Å². The molecule has 1 heterocycles. The fourth-order valence-electron chi connectivity index (χ4n) is 2.14. The summed E-state index contributed by atoms with van der Waals surface area (Å²) in [5.41, 5.74) is 7.94. The summed E-state index contributed by atoms with van der Waals surface area (Å²) >= 11 is 1.67. The molecule has 0 bridgehead atoms. The van der Waals surface area contributed by atoms with E-state index in [2.05, 4.69) is 41.4 Å². The van der Waals surface area contributed by atoms with Crippen molar-refractivity contribution in [3.63, 3.8) is 0 Å². The van der Waals surface area contributed by atoms with E-state index in [1.165, 1.54) is 0 Å². The second kappa shape index (κ2) is 9.96. The smallest absolute Gasteiger partial charge is 0.193 e. The van der Waals surface area contributed by atoms with Crippen molar-refractivity contribution in [2.75, 3.05) is 26.1 Å². The van der Waals surface area contributed by atoms with Crippen LogP contribution in [0.25, 0.3) is 0 Å². The molecule has 2 rings (SSSR count). The lowest BCUT2D eigenvalue weighted by Gasteiger charge is -2.14. The maximum absolute atomic E-state index is 5.96. The summed E-state index contributed by atoms with van der Waals surface area (Å²) < 4.78 is 10.5. The van der Waals surface area contributed by atoms with Crippen molar-refractivity contribution in [2.24, 2.45) is 10.7 Å². The van der Waals surface area contributed by atoms with E-state index in [1.54, 1.807) is 25.6 Å². The van der Waals surface area contributed by atoms with Crippen LogP contribution >= 0.6 is 35.3 Å². The van der Waals surface area contributed by atoms with E-state index in [1.807, 2.05) is 18.2 Å². The number of methoxy groups -OCH3 is 2. The number of nitrogens with one attached hydrogen (secondary N) is 1. The number of hydrogen-bond donors (Lipinski definition) is 2. The third-order valence-electron chi connectivity index (χ3n) is 3.58. The molecule has 0 fully saturated rings. The molecule has 0 aliphatic carbocycles. The minimum atomic E-state index is 0. The minimum Gasteiger partial charge on any atom is -0.493 e. The van der Waals surface area contributed by atoms with Gasteiger partial charge in [0.05, 0.1) is 24.9 Å². The van der Waals surface area contributed by atoms with Crippen LogP contribution in [0.15, 0.2) is 28.6 Å². The maximum atomic E-state index is 5.96. The molecular formula is C18H27IN4O2S. The molecule has 0 spiro atoms. The molecule has 26 heavy (non-hydrogen) atoms. The van der Waals surface area contributed by atoms with Crippen molar-refractivity contribution in [2.45, 2.75) is 32.6 Å². The van der Waals surface area contributed by atoms with Gasteiger partial charge >= 0.3 is 0 Å². The van der Waals surface area contributed by atoms with E-state index < -0.39 is 0 Å². The molecule has 1 aromatic heterocycles. The Morgan fingerprint density at radius 3 is 2.50 bits per heavy atom. The first kappa shape index (κ1) is 22.5. The van der Waals surface area contributed by atoms with Crippen LogP contribution in [0.5, 0.6) is 11.5 Å². The van der Waals surface area contributed by atoms with E-state index in [9.17, 15) is 0 Å². The SMILES string of the molecule is COc1ccc(NC(N)=NCCc2nc(C(C)(C)C)cs2)cc1OC.I. The van der Waals surface area contributed by atoms with E-state index in [0.717, 1.165) is 22.8 Å². The molecule has 3 N–H and O–H groups in total. The van der Waals surface area contributed by atoms with Crippen LogP contribution in [0, 0.1) is 0 Å². The van der Waals surface area contributed by atoms with Gasteiger partial charge in [0, 0.05) is 35.5 Å². The second-order valence-electron chi connectivity index (χ2n) is 6.59. The number of benzene rings is 1. The van der Waals surface area contributed by atoms with E-state index >= 15 is 0 Å². The first-order chi connectivity index (χ1) is 11.8. The minimum absolute atomic E-state index is 0. The molecule has 0 aliphatic heterocycles. The molecule has 2 aromatic rings. The standard InChI is InChI=1S/C18H26N4O2S.HI/c1-18(2,3)15-11-25-16(22-15)8-9-20-17(19)21-12-6-7-13(23-4)14(10-12)24-5;/h6-7,10-11H,8-9H2,1-5H3,(H3,19,20,21);1H. The fraction of sp³-hybridized carbons (Fsp3) is 0.444. The first-order valence-corrected chi connectivity index (χ1v) is 8.95. The molecule has 0 unspecified atom stereocenters. The number of hydrogen-bond acceptors (Lipinski definition) is 5. The van der Waals surface area contributed by atoms with Gasteiger partial charge in [-0.05, 0) is 12.1 Å². The molecule has 0 saturated heterocycles. The van der Waals surface area contributed by atoms with E-state index in [4.69, 9.17) is 15.2 Å². The summed E-state index contributed by atoms with van der Waals surface area (Å²) in [6.45, 7) is 7.07. The average molecular weight is 490 g/mol. The Morgan fingerprint density at radius 1 is 1.23 bits per heavy atom. The van der Waals surface area contributed by atoms with Crippen LogP contribution in [-0.4, -0.2) is 31.7 Å². The van der Waals surface area contributed by atoms with Gasteiger partial charge < -0.3 is 20.5 Å². The molecule has 1 aromatic carbocycles. The van der Waals surface area contributed by atoms with Crippen molar-refractivity contribution in [3.8, 4) is 11.5 Å². The molecular weight excluding hydrogens is 463 g/mol. The Hall–Kier alpha value is -1.55. The van der Waals surface area contributed by atoms with Crippen LogP contribution in [0.4, 0.5) is 5.69 Å². The van der Waals surface area contributed by atoms with Crippen LogP contribution in [-0.2, 0) is 11.8 Å². The van der Waals surface area contributed by atoms with Gasteiger partial charge in [-0.3, -0.25) is 4.99 Å². The zero-order valence-electron chi connectivity index (χ0n) is 15.8. The third kappa shape index (κ3) is 6.31. The summed E-state index contributed by atoms with van der Waals surface area (Å²) in [5.74, 6) is 1.67. The maximum Gasteiger partial charge on any atom is 0.193 e. The normalized spacial score (nSPS) is 11.7. The monoisotopic (exact) mass is 490 g/mol. The summed E-state index contributed by atoms with van der Waals surface area (Å²) in [4.78, 5) is 9.02. The zero-order valence-corrected chi connectivity index (χ0v) is 19.0. The van der Waals surface area contributed by atoms with Crippen molar-refractivity contribution in [1.82, 2.24) is 4.98 Å². The van der Waals surface area contributed by atoms with E-state index in [-0.39, 0.29) is 29.4 Å². The lowest BCUT2D eigenvalue weighted by molar-refractivity contribution is 0.355. The molecule has 0 atom stereocenters. The molecule has 0 saturated carbocycles. The van der Waals surface area contributed by atoms with Crippen molar-refractivity contribution in [1.29, 1.82) is 0 Å². The molecule has 6 nitrogen and oxygen atoms in total. The number of nitrogens with two attached hydrogens (primary N) is 1. The molecule has 144 valence electrons. The Morgan fingerprint density at radius 2 is 1.92 bits per heavy atom. The molecule has 0 aliphatic rings. The van der Waals surface area contributed by atoms with Crippen LogP contribution in [0.3, 0.4) is 0 Å². The number of aromatic nitrogens is 1. The van der Waals surface area contributed by atoms with Gasteiger partial charge in [-0.2, -0.15) is 0 Å². The lowest BCUT2D eigenvalue weighted by Crippen LogP contribution is -2.23. The zero-order chi connectivity index (χ0) is 18.4. The predicted octanol–water partition coefficient (Wildman–Crippen LogP) is 4.05. The van der Waals surface area contributed by atoms with Gasteiger partial charge in [0.1, 0.15) is 0 Å². The average Bonchev–Trinajstić information content (AvgIpc) is 3.04. The molecule has 8 heteroatoms. The topological polar surface area (TPSA) is 81.8 Å². The Balaban J connectivity index is 0.00000338. The Bertz CT molecular complexity index is 741. The highest BCUT2D eigenvalue weighted by molar-refractivity contribution is 14.0. The van der Waals surface area contributed by atoms with Gasteiger partial charge in [0.2, 0.25) is 0 Å². The summed E-state index contributed by atoms with van der Waals surface area (Å²) in [7, 11) is 3.20. The van der Waals surface area contributed by atoms with E-state index in [0.29, 0.717) is 24.0 Å². The third-order valence-corrected chi connectivity index (χ3v) is 4.49. The number of halogens is 1. The number of rotatable bonds is 6. The summed E-state index contributed by atoms with van der Waals surface area (Å²) in [5, 5.41) is 6.25. The largest absolute Gasteiger partial charge is 0.493 e. The van der Waals surface area contributed by atoms with Crippen LogP contribution < -0.4 is 20.5 Å². The number of guanidine groups is 1. The van der Waals surface area contributed by atoms with Gasteiger partial charge in [-0.15, -0.1) is 35.3 Å². The highest BCUT2D eigenvalue weighted by Crippen LogP contribution is 2.29. The van der Waals surface area contributed by atoms with Crippen molar-refractivity contribution < 1.29 is 9.47 Å². The number of nitrogens with zero attached hydrogens (tertiary/aromatic N) is 2. The molecule has 0 amide bonds. The van der Waals surface area contributed by atoms with Gasteiger partial charge in [0.25, 0.3) is 0 Å². The summed E-state index contributed by atoms with van der Waals surface area (Å²) in [6.07, 6.45) is 0.773. The van der Waals surface area contributed by atoms with Crippen LogP contribution in [0.1, 0.15) is 31.5 Å². The second-order valence-corrected chi connectivity index (χ2v) is 7.53. The summed E-state index contributed by atoms with van der Waals surface area (Å²) in [6, 6.07) is 5.50. The number of aliphatic imine (C=N–C) groups is 1. The van der Waals surface area contributed by atoms with Crippen molar-refractivity contribution >= 4 is 47.0 Å². The van der Waals surface area contributed by atoms with Gasteiger partial charge in [-0.1, -0.05) is 20.8 Å². The highest BCUT2D eigenvalue weighted by atomic mass is 127. The first-order valence-electron chi connectivity index (χ1n) is 8.07. The number of anilines is 1. The highest BCUT2D eigenvalue weighted by Gasteiger charge is 2.17. The Labute approximate surface area is 176 Å². The van der Waals surface area contributed by atoms with Crippen molar-refractivity contribution in [3.05, 3.63) is 34.3 Å².